The van der Waals surface area contributed by atoms with Crippen molar-refractivity contribution in [3.63, 3.8) is 0 Å². The normalized spacial score (nSPS) is 30.3. The van der Waals surface area contributed by atoms with Crippen LogP contribution in [0.15, 0.2) is 24.3 Å². The first kappa shape index (κ1) is 10.3. The minimum Gasteiger partial charge on any atom is -0.390 e. The third-order valence-electron chi connectivity index (χ3n) is 3.75. The van der Waals surface area contributed by atoms with Gasteiger partial charge in [-0.2, -0.15) is 0 Å². The van der Waals surface area contributed by atoms with Crippen molar-refractivity contribution < 1.29 is 5.11 Å². The van der Waals surface area contributed by atoms with E-state index in [1.54, 1.807) is 0 Å². The summed E-state index contributed by atoms with van der Waals surface area (Å²) >= 11 is 0. The molecule has 1 fully saturated rings. The van der Waals surface area contributed by atoms with Gasteiger partial charge in [0.15, 0.2) is 0 Å². The first-order valence-electron chi connectivity index (χ1n) is 6.09. The number of aliphatic hydroxyl groups excluding tert-OH is 1. The molecule has 86 valence electrons. The lowest BCUT2D eigenvalue weighted by Crippen LogP contribution is -2.41. The summed E-state index contributed by atoms with van der Waals surface area (Å²) < 4.78 is 0. The molecule has 3 nitrogen and oxygen atoms in total. The van der Waals surface area contributed by atoms with Crippen molar-refractivity contribution in [2.24, 2.45) is 0 Å². The average Bonchev–Trinajstić information content (AvgIpc) is 2.98. The Morgan fingerprint density at radius 1 is 1.25 bits per heavy atom. The number of aliphatic hydroxyl groups is 1. The van der Waals surface area contributed by atoms with E-state index < -0.39 is 0 Å². The van der Waals surface area contributed by atoms with Gasteiger partial charge in [-0.1, -0.05) is 24.3 Å². The Morgan fingerprint density at radius 3 is 2.94 bits per heavy atom. The highest BCUT2D eigenvalue weighted by molar-refractivity contribution is 5.34. The Morgan fingerprint density at radius 2 is 2.12 bits per heavy atom. The van der Waals surface area contributed by atoms with Crippen LogP contribution in [0, 0.1) is 0 Å². The van der Waals surface area contributed by atoms with Crippen molar-refractivity contribution in [1.29, 1.82) is 0 Å². The van der Waals surface area contributed by atoms with E-state index in [0.29, 0.717) is 0 Å². The molecule has 1 saturated heterocycles. The van der Waals surface area contributed by atoms with E-state index in [0.717, 1.165) is 19.5 Å². The zero-order valence-corrected chi connectivity index (χ0v) is 9.32. The summed E-state index contributed by atoms with van der Waals surface area (Å²) in [4.78, 5) is 0. The van der Waals surface area contributed by atoms with Crippen molar-refractivity contribution >= 4 is 0 Å². The Hall–Kier alpha value is -0.900. The molecule has 2 aliphatic heterocycles. The smallest absolute Gasteiger partial charge is 0.0887 e. The Balaban J connectivity index is 1.81. The van der Waals surface area contributed by atoms with E-state index >= 15 is 0 Å². The van der Waals surface area contributed by atoms with Gasteiger partial charge in [-0.3, -0.25) is 0 Å². The van der Waals surface area contributed by atoms with Crippen LogP contribution >= 0.6 is 0 Å². The molecule has 0 amide bonds. The van der Waals surface area contributed by atoms with Gasteiger partial charge in [0.25, 0.3) is 0 Å². The van der Waals surface area contributed by atoms with Crippen molar-refractivity contribution in [3.05, 3.63) is 35.4 Å². The molecule has 3 atom stereocenters. The Labute approximate surface area is 95.9 Å². The maximum absolute atomic E-state index is 10.4. The summed E-state index contributed by atoms with van der Waals surface area (Å²) in [6.45, 7) is 1.92. The second-order valence-corrected chi connectivity index (χ2v) is 4.75. The lowest BCUT2D eigenvalue weighted by Gasteiger charge is -2.25. The zero-order valence-electron chi connectivity index (χ0n) is 9.32. The molecule has 3 rings (SSSR count). The predicted octanol–water partition coefficient (Wildman–Crippen LogP) is 0.944. The fourth-order valence-electron chi connectivity index (χ4n) is 2.87. The molecule has 3 unspecified atom stereocenters. The maximum Gasteiger partial charge on any atom is 0.0887 e. The van der Waals surface area contributed by atoms with Crippen LogP contribution in [0.4, 0.5) is 0 Å². The number of fused-ring (bicyclic) bond motifs is 1. The molecule has 0 aliphatic carbocycles. The van der Waals surface area contributed by atoms with Crippen LogP contribution in [-0.2, 0) is 6.54 Å². The van der Waals surface area contributed by atoms with Crippen molar-refractivity contribution in [3.8, 4) is 0 Å². The highest BCUT2D eigenvalue weighted by atomic mass is 16.3. The Kier molecular flexibility index (Phi) is 2.67. The second-order valence-electron chi connectivity index (χ2n) is 4.75. The van der Waals surface area contributed by atoms with Gasteiger partial charge in [0, 0.05) is 12.6 Å². The summed E-state index contributed by atoms with van der Waals surface area (Å²) in [5, 5.41) is 17.2. The van der Waals surface area contributed by atoms with Crippen molar-refractivity contribution in [2.45, 2.75) is 37.6 Å². The third kappa shape index (κ3) is 1.65. The molecule has 0 bridgehead atoms. The number of hydrogen-bond donors (Lipinski definition) is 3. The molecule has 1 aromatic rings. The minimum absolute atomic E-state index is 0.104. The number of nitrogens with one attached hydrogen (secondary N) is 2. The summed E-state index contributed by atoms with van der Waals surface area (Å²) in [5.74, 6) is 0. The lowest BCUT2D eigenvalue weighted by atomic mass is 9.95. The molecule has 3 heteroatoms. The minimum atomic E-state index is -0.314. The van der Waals surface area contributed by atoms with E-state index in [9.17, 15) is 5.11 Å². The van der Waals surface area contributed by atoms with Gasteiger partial charge in [-0.25, -0.2) is 0 Å². The second kappa shape index (κ2) is 4.17. The highest BCUT2D eigenvalue weighted by Gasteiger charge is 2.34. The van der Waals surface area contributed by atoms with E-state index in [4.69, 9.17) is 0 Å². The number of hydrogen-bond acceptors (Lipinski definition) is 3. The van der Waals surface area contributed by atoms with Crippen LogP contribution in [0.25, 0.3) is 0 Å². The topological polar surface area (TPSA) is 44.3 Å². The molecule has 0 aromatic heterocycles. The fourth-order valence-corrected chi connectivity index (χ4v) is 2.87. The fraction of sp³-hybridized carbons (Fsp3) is 0.538. The standard InChI is InChI=1S/C13H18N2O/c16-13(11-6-3-7-14-11)12-10-5-2-1-4-9(10)8-15-12/h1-2,4-5,11-16H,3,6-8H2. The van der Waals surface area contributed by atoms with Gasteiger partial charge in [0.1, 0.15) is 0 Å². The van der Waals surface area contributed by atoms with Gasteiger partial charge in [0.2, 0.25) is 0 Å². The van der Waals surface area contributed by atoms with E-state index in [-0.39, 0.29) is 18.2 Å². The molecule has 1 aromatic carbocycles. The Bertz CT molecular complexity index is 374. The van der Waals surface area contributed by atoms with Crippen molar-refractivity contribution in [2.75, 3.05) is 6.54 Å². The van der Waals surface area contributed by atoms with Crippen LogP contribution in [-0.4, -0.2) is 23.8 Å². The van der Waals surface area contributed by atoms with Gasteiger partial charge in [0.05, 0.1) is 12.1 Å². The van der Waals surface area contributed by atoms with Gasteiger partial charge in [-0.05, 0) is 30.5 Å². The number of benzene rings is 1. The van der Waals surface area contributed by atoms with E-state index in [1.165, 1.54) is 17.5 Å². The first-order chi connectivity index (χ1) is 7.86. The van der Waals surface area contributed by atoms with Crippen LogP contribution in [0.5, 0.6) is 0 Å². The maximum atomic E-state index is 10.4. The monoisotopic (exact) mass is 218 g/mol. The van der Waals surface area contributed by atoms with Gasteiger partial charge < -0.3 is 15.7 Å². The SMILES string of the molecule is OC(C1CCCN1)C1NCc2ccccc21. The van der Waals surface area contributed by atoms with E-state index in [2.05, 4.69) is 28.8 Å². The van der Waals surface area contributed by atoms with Crippen LogP contribution in [0.3, 0.4) is 0 Å². The van der Waals surface area contributed by atoms with Crippen LogP contribution < -0.4 is 10.6 Å². The number of rotatable bonds is 2. The summed E-state index contributed by atoms with van der Waals surface area (Å²) in [6, 6.07) is 8.72. The van der Waals surface area contributed by atoms with Gasteiger partial charge >= 0.3 is 0 Å². The lowest BCUT2D eigenvalue weighted by molar-refractivity contribution is 0.0973. The predicted molar refractivity (Wildman–Crippen MR) is 63.1 cm³/mol. The molecule has 3 N–H and O–H groups in total. The summed E-state index contributed by atoms with van der Waals surface area (Å²) in [5.41, 5.74) is 2.59. The van der Waals surface area contributed by atoms with Crippen molar-refractivity contribution in [1.82, 2.24) is 10.6 Å². The molecule has 2 heterocycles. The third-order valence-corrected chi connectivity index (χ3v) is 3.75. The highest BCUT2D eigenvalue weighted by Crippen LogP contribution is 2.30. The molecule has 0 saturated carbocycles. The largest absolute Gasteiger partial charge is 0.390 e. The van der Waals surface area contributed by atoms with Crippen LogP contribution in [0.2, 0.25) is 0 Å². The molecular weight excluding hydrogens is 200 g/mol. The van der Waals surface area contributed by atoms with Crippen LogP contribution in [0.1, 0.15) is 30.0 Å². The molecule has 16 heavy (non-hydrogen) atoms. The molecule has 0 radical (unpaired) electrons. The quantitative estimate of drug-likeness (QED) is 0.692. The zero-order chi connectivity index (χ0) is 11.0. The van der Waals surface area contributed by atoms with E-state index in [1.807, 2.05) is 6.07 Å². The average molecular weight is 218 g/mol. The molecule has 2 aliphatic rings. The first-order valence-corrected chi connectivity index (χ1v) is 6.09. The molecular formula is C13H18N2O. The van der Waals surface area contributed by atoms with Gasteiger partial charge in [-0.15, -0.1) is 0 Å². The summed E-state index contributed by atoms with van der Waals surface area (Å²) in [6.07, 6.45) is 1.95. The molecule has 0 spiro atoms. The summed E-state index contributed by atoms with van der Waals surface area (Å²) in [7, 11) is 0.